The number of hydrogen-bond donors (Lipinski definition) is 1. The van der Waals surface area contributed by atoms with E-state index in [2.05, 4.69) is 6.92 Å². The number of rotatable bonds is 6. The summed E-state index contributed by atoms with van der Waals surface area (Å²) in [7, 11) is 0. The quantitative estimate of drug-likeness (QED) is 0.464. The van der Waals surface area contributed by atoms with Crippen LogP contribution in [0.2, 0.25) is 0 Å². The molecule has 0 unspecified atom stereocenters. The standard InChI is InChI=1S/C8H16O2/c1-2-3-4-5-6-7-8(9)10/h2-7H2,1H3,(H,9,10)/i5+1,6+1,7+1,8+1. The van der Waals surface area contributed by atoms with Gasteiger partial charge in [-0.2, -0.15) is 0 Å². The number of hydrogen-bond acceptors (Lipinski definition) is 1. The van der Waals surface area contributed by atoms with Gasteiger partial charge in [0.15, 0.2) is 0 Å². The lowest BCUT2D eigenvalue weighted by molar-refractivity contribution is -0.137. The summed E-state index contributed by atoms with van der Waals surface area (Å²) in [5.74, 6) is -0.670. The molecule has 0 aromatic carbocycles. The van der Waals surface area contributed by atoms with E-state index >= 15 is 0 Å². The molecular weight excluding hydrogens is 132 g/mol. The van der Waals surface area contributed by atoms with Crippen molar-refractivity contribution < 1.29 is 9.90 Å². The summed E-state index contributed by atoms with van der Waals surface area (Å²) < 4.78 is 0. The second-order valence-corrected chi connectivity index (χ2v) is 2.56. The van der Waals surface area contributed by atoms with Crippen molar-refractivity contribution >= 4 is 5.97 Å². The van der Waals surface area contributed by atoms with Gasteiger partial charge in [0.2, 0.25) is 0 Å². The Morgan fingerprint density at radius 2 is 1.80 bits per heavy atom. The van der Waals surface area contributed by atoms with Crippen LogP contribution in [0.5, 0.6) is 0 Å². The Hall–Kier alpha value is -0.530. The lowest BCUT2D eigenvalue weighted by atomic mass is 10.3. The molecule has 0 aliphatic carbocycles. The highest BCUT2D eigenvalue weighted by molar-refractivity contribution is 5.66. The molecule has 0 aliphatic heterocycles. The maximum Gasteiger partial charge on any atom is 0.303 e. The molecule has 0 bridgehead atoms. The van der Waals surface area contributed by atoms with Crippen molar-refractivity contribution in [3.05, 3.63) is 0 Å². The second-order valence-electron chi connectivity index (χ2n) is 2.56. The first-order chi connectivity index (χ1) is 4.77. The predicted octanol–water partition coefficient (Wildman–Crippen LogP) is 2.43. The van der Waals surface area contributed by atoms with Crippen LogP contribution < -0.4 is 0 Å². The molecule has 2 nitrogen and oxygen atoms in total. The van der Waals surface area contributed by atoms with Crippen molar-refractivity contribution in [3.8, 4) is 0 Å². The van der Waals surface area contributed by atoms with Gasteiger partial charge < -0.3 is 5.11 Å². The molecule has 0 atom stereocenters. The average molecular weight is 148 g/mol. The summed E-state index contributed by atoms with van der Waals surface area (Å²) in [6.07, 6.45) is 5.88. The van der Waals surface area contributed by atoms with Gasteiger partial charge >= 0.3 is 5.97 Å². The summed E-state index contributed by atoms with van der Waals surface area (Å²) in [6, 6.07) is 0. The van der Waals surface area contributed by atoms with Gasteiger partial charge in [-0.3, -0.25) is 4.79 Å². The van der Waals surface area contributed by atoms with Gasteiger partial charge in [-0.15, -0.1) is 0 Å². The molecule has 0 aromatic heterocycles. The van der Waals surface area contributed by atoms with E-state index in [1.807, 2.05) is 0 Å². The van der Waals surface area contributed by atoms with Crippen molar-refractivity contribution in [2.75, 3.05) is 0 Å². The lowest BCUT2D eigenvalue weighted by Crippen LogP contribution is -1.93. The SMILES string of the molecule is CCCC[13CH2][13CH2][13CH2][13C](=O)O. The third-order valence-corrected chi connectivity index (χ3v) is 1.49. The Morgan fingerprint density at radius 1 is 1.20 bits per heavy atom. The van der Waals surface area contributed by atoms with Crippen LogP contribution in [0.3, 0.4) is 0 Å². The highest BCUT2D eigenvalue weighted by Gasteiger charge is 1.94. The molecule has 0 saturated heterocycles. The largest absolute Gasteiger partial charge is 0.481 e. The van der Waals surface area contributed by atoms with E-state index in [1.54, 1.807) is 0 Å². The Labute approximate surface area is 62.2 Å². The van der Waals surface area contributed by atoms with Crippen molar-refractivity contribution in [3.63, 3.8) is 0 Å². The molecule has 0 heterocycles. The van der Waals surface area contributed by atoms with E-state index in [4.69, 9.17) is 5.11 Å². The number of carbonyl (C=O) groups is 1. The van der Waals surface area contributed by atoms with Crippen molar-refractivity contribution in [2.45, 2.75) is 45.4 Å². The molecule has 0 aliphatic rings. The van der Waals surface area contributed by atoms with E-state index in [1.165, 1.54) is 19.3 Å². The minimum absolute atomic E-state index is 0.337. The van der Waals surface area contributed by atoms with Crippen molar-refractivity contribution in [1.29, 1.82) is 0 Å². The Kier molecular flexibility index (Phi) is 6.24. The fourth-order valence-corrected chi connectivity index (χ4v) is 0.880. The maximum absolute atomic E-state index is 10.0. The van der Waals surface area contributed by atoms with Gasteiger partial charge in [0, 0.05) is 6.42 Å². The van der Waals surface area contributed by atoms with E-state index in [-0.39, 0.29) is 0 Å². The van der Waals surface area contributed by atoms with Crippen LogP contribution in [0.4, 0.5) is 0 Å². The molecule has 2 heteroatoms. The van der Waals surface area contributed by atoms with Gasteiger partial charge in [-0.25, -0.2) is 0 Å². The minimum atomic E-state index is -0.670. The van der Waals surface area contributed by atoms with Crippen LogP contribution in [0.1, 0.15) is 45.4 Å². The maximum atomic E-state index is 10.0. The van der Waals surface area contributed by atoms with Gasteiger partial charge in [0.25, 0.3) is 0 Å². The highest BCUT2D eigenvalue weighted by Crippen LogP contribution is 2.04. The second kappa shape index (κ2) is 6.59. The summed E-state index contributed by atoms with van der Waals surface area (Å²) >= 11 is 0. The molecule has 0 rings (SSSR count). The number of carboxylic acid groups (broad SMARTS) is 1. The summed E-state index contributed by atoms with van der Waals surface area (Å²) in [5.41, 5.74) is 0. The van der Waals surface area contributed by atoms with E-state index in [9.17, 15) is 4.79 Å². The zero-order valence-electron chi connectivity index (χ0n) is 6.60. The predicted molar refractivity (Wildman–Crippen MR) is 41.0 cm³/mol. The average Bonchev–Trinajstić information content (AvgIpc) is 1.87. The molecule has 0 spiro atoms. The van der Waals surface area contributed by atoms with Gasteiger partial charge in [0.1, 0.15) is 0 Å². The normalized spacial score (nSPS) is 9.70. The zero-order valence-corrected chi connectivity index (χ0v) is 6.60. The molecule has 1 N–H and O–H groups in total. The van der Waals surface area contributed by atoms with Gasteiger partial charge in [-0.1, -0.05) is 32.6 Å². The third-order valence-electron chi connectivity index (χ3n) is 1.49. The Bertz CT molecular complexity index is 89.3. The van der Waals surface area contributed by atoms with Crippen LogP contribution in [0, 0.1) is 0 Å². The molecule has 60 valence electrons. The Balaban J connectivity index is 2.84. The van der Waals surface area contributed by atoms with E-state index < -0.39 is 5.97 Å². The molecule has 0 fully saturated rings. The van der Waals surface area contributed by atoms with E-state index in [0.717, 1.165) is 12.8 Å². The molecule has 0 amide bonds. The lowest BCUT2D eigenvalue weighted by Gasteiger charge is -1.95. The van der Waals surface area contributed by atoms with E-state index in [0.29, 0.717) is 6.42 Å². The molecule has 10 heavy (non-hydrogen) atoms. The number of aliphatic carboxylic acids is 1. The summed E-state index contributed by atoms with van der Waals surface area (Å²) in [4.78, 5) is 10.0. The van der Waals surface area contributed by atoms with Crippen LogP contribution in [0.25, 0.3) is 0 Å². The van der Waals surface area contributed by atoms with Crippen molar-refractivity contribution in [2.24, 2.45) is 0 Å². The zero-order chi connectivity index (χ0) is 7.82. The van der Waals surface area contributed by atoms with Crippen LogP contribution >= 0.6 is 0 Å². The number of unbranched alkanes of at least 4 members (excludes halogenated alkanes) is 4. The molecule has 0 saturated carbocycles. The molecular formula is C8H16O2. The fraction of sp³-hybridized carbons (Fsp3) is 0.875. The third kappa shape index (κ3) is 7.47. The topological polar surface area (TPSA) is 37.3 Å². The molecule has 0 radical (unpaired) electrons. The minimum Gasteiger partial charge on any atom is -0.481 e. The summed E-state index contributed by atoms with van der Waals surface area (Å²) in [6.45, 7) is 2.15. The highest BCUT2D eigenvalue weighted by atomic mass is 16.5. The van der Waals surface area contributed by atoms with Gasteiger partial charge in [-0.05, 0) is 6.42 Å². The first-order valence-corrected chi connectivity index (χ1v) is 3.99. The first-order valence-electron chi connectivity index (χ1n) is 3.99. The number of carboxylic acids is 1. The van der Waals surface area contributed by atoms with Crippen LogP contribution in [-0.4, -0.2) is 11.1 Å². The smallest absolute Gasteiger partial charge is 0.303 e. The first kappa shape index (κ1) is 9.47. The monoisotopic (exact) mass is 148 g/mol. The van der Waals surface area contributed by atoms with Crippen LogP contribution in [0.15, 0.2) is 0 Å². The van der Waals surface area contributed by atoms with Crippen molar-refractivity contribution in [1.82, 2.24) is 0 Å². The van der Waals surface area contributed by atoms with Gasteiger partial charge in [0.05, 0.1) is 0 Å². The van der Waals surface area contributed by atoms with Crippen LogP contribution in [-0.2, 0) is 4.79 Å². The fourth-order valence-electron chi connectivity index (χ4n) is 0.880. The Morgan fingerprint density at radius 3 is 2.30 bits per heavy atom. The molecule has 0 aromatic rings. The summed E-state index contributed by atoms with van der Waals surface area (Å²) in [5, 5.41) is 8.27.